The highest BCUT2D eigenvalue weighted by Gasteiger charge is 2.34. The molecule has 0 N–H and O–H groups in total. The zero-order chi connectivity index (χ0) is 16.6. The Morgan fingerprint density at radius 1 is 1.30 bits per heavy atom. The van der Waals surface area contributed by atoms with E-state index in [2.05, 4.69) is 19.9 Å². The minimum absolute atomic E-state index is 0.0928. The van der Waals surface area contributed by atoms with Gasteiger partial charge in [0, 0.05) is 43.3 Å². The molecule has 1 unspecified atom stereocenters. The molecular formula is C14H16F3N5S. The molecule has 0 spiro atoms. The lowest BCUT2D eigenvalue weighted by Crippen LogP contribution is -2.35. The Hall–Kier alpha value is -1.90. The van der Waals surface area contributed by atoms with Crippen molar-refractivity contribution >= 4 is 22.3 Å². The van der Waals surface area contributed by atoms with E-state index in [9.17, 15) is 13.2 Å². The van der Waals surface area contributed by atoms with Gasteiger partial charge in [-0.05, 0) is 13.3 Å². The molecule has 0 aromatic carbocycles. The van der Waals surface area contributed by atoms with E-state index in [1.54, 1.807) is 23.3 Å². The number of alkyl halides is 3. The Morgan fingerprint density at radius 2 is 2.09 bits per heavy atom. The molecule has 5 nitrogen and oxygen atoms in total. The van der Waals surface area contributed by atoms with Gasteiger partial charge in [-0.3, -0.25) is 0 Å². The largest absolute Gasteiger partial charge is 0.433 e. The van der Waals surface area contributed by atoms with Crippen LogP contribution in [0.5, 0.6) is 0 Å². The van der Waals surface area contributed by atoms with Gasteiger partial charge >= 0.3 is 6.18 Å². The Kier molecular flexibility index (Phi) is 4.13. The zero-order valence-electron chi connectivity index (χ0n) is 12.7. The van der Waals surface area contributed by atoms with Gasteiger partial charge in [0.25, 0.3) is 0 Å². The van der Waals surface area contributed by atoms with Crippen molar-refractivity contribution in [2.24, 2.45) is 0 Å². The van der Waals surface area contributed by atoms with E-state index < -0.39 is 11.9 Å². The van der Waals surface area contributed by atoms with Gasteiger partial charge in [0.05, 0.1) is 0 Å². The predicted octanol–water partition coefficient (Wildman–Crippen LogP) is 2.98. The second kappa shape index (κ2) is 5.95. The van der Waals surface area contributed by atoms with Gasteiger partial charge in [-0.25, -0.2) is 15.0 Å². The van der Waals surface area contributed by atoms with Crippen molar-refractivity contribution in [1.29, 1.82) is 0 Å². The molecule has 1 aliphatic rings. The molecule has 1 atom stereocenters. The summed E-state index contributed by atoms with van der Waals surface area (Å²) in [4.78, 5) is 16.7. The molecule has 124 valence electrons. The molecule has 0 saturated carbocycles. The number of hydrogen-bond acceptors (Lipinski definition) is 6. The van der Waals surface area contributed by atoms with Gasteiger partial charge < -0.3 is 9.80 Å². The van der Waals surface area contributed by atoms with Crippen molar-refractivity contribution in [1.82, 2.24) is 15.0 Å². The molecule has 3 heterocycles. The van der Waals surface area contributed by atoms with E-state index in [4.69, 9.17) is 0 Å². The van der Waals surface area contributed by atoms with Crippen molar-refractivity contribution in [3.8, 4) is 0 Å². The predicted molar refractivity (Wildman–Crippen MR) is 82.9 cm³/mol. The van der Waals surface area contributed by atoms with Gasteiger partial charge in [0.15, 0.2) is 5.13 Å². The molecule has 1 fully saturated rings. The Morgan fingerprint density at radius 3 is 2.74 bits per heavy atom. The van der Waals surface area contributed by atoms with Gasteiger partial charge in [-0.2, -0.15) is 13.2 Å². The number of aryl methyl sites for hydroxylation is 1. The first-order valence-corrected chi connectivity index (χ1v) is 7.95. The van der Waals surface area contributed by atoms with Crippen LogP contribution >= 0.6 is 11.3 Å². The SMILES string of the molecule is Cc1cnc(N2CCC(N(C)c3cc(C(F)(F)F)ncn3)C2)s1. The van der Waals surface area contributed by atoms with Crippen LogP contribution in [0.2, 0.25) is 0 Å². The molecule has 0 radical (unpaired) electrons. The highest BCUT2D eigenvalue weighted by atomic mass is 32.1. The number of thiazole rings is 1. The smallest absolute Gasteiger partial charge is 0.355 e. The summed E-state index contributed by atoms with van der Waals surface area (Å²) >= 11 is 1.62. The number of nitrogens with zero attached hydrogens (tertiary/aromatic N) is 5. The standard InChI is InChI=1S/C14H16F3N5S/c1-9-6-18-13(23-9)22-4-3-10(7-22)21(2)12-5-11(14(15,16)17)19-8-20-12/h5-6,8,10H,3-4,7H2,1-2H3. The summed E-state index contributed by atoms with van der Waals surface area (Å²) < 4.78 is 38.3. The van der Waals surface area contributed by atoms with E-state index >= 15 is 0 Å². The van der Waals surface area contributed by atoms with Crippen LogP contribution < -0.4 is 9.80 Å². The first-order chi connectivity index (χ1) is 10.8. The average molecular weight is 343 g/mol. The van der Waals surface area contributed by atoms with Crippen LogP contribution in [-0.4, -0.2) is 41.1 Å². The second-order valence-electron chi connectivity index (χ2n) is 5.51. The monoisotopic (exact) mass is 343 g/mol. The molecular weight excluding hydrogens is 327 g/mol. The first kappa shape index (κ1) is 16.0. The Balaban J connectivity index is 1.73. The van der Waals surface area contributed by atoms with E-state index in [1.807, 2.05) is 13.1 Å². The maximum absolute atomic E-state index is 12.8. The maximum atomic E-state index is 12.8. The minimum Gasteiger partial charge on any atom is -0.355 e. The van der Waals surface area contributed by atoms with E-state index in [-0.39, 0.29) is 11.9 Å². The topological polar surface area (TPSA) is 45.2 Å². The van der Waals surface area contributed by atoms with E-state index in [0.717, 1.165) is 41.9 Å². The lowest BCUT2D eigenvalue weighted by Gasteiger charge is -2.26. The normalized spacial score (nSPS) is 18.5. The lowest BCUT2D eigenvalue weighted by atomic mass is 10.2. The third-order valence-corrected chi connectivity index (χ3v) is 4.87. The third-order valence-electron chi connectivity index (χ3n) is 3.90. The summed E-state index contributed by atoms with van der Waals surface area (Å²) in [5, 5.41) is 0.956. The number of rotatable bonds is 3. The Labute approximate surface area is 135 Å². The lowest BCUT2D eigenvalue weighted by molar-refractivity contribution is -0.141. The van der Waals surface area contributed by atoms with Crippen molar-refractivity contribution < 1.29 is 13.2 Å². The van der Waals surface area contributed by atoms with Crippen LogP contribution in [0.3, 0.4) is 0 Å². The number of likely N-dealkylation sites (N-methyl/N-ethyl adjacent to an activating group) is 1. The van der Waals surface area contributed by atoms with Gasteiger partial charge in [-0.1, -0.05) is 0 Å². The summed E-state index contributed by atoms with van der Waals surface area (Å²) in [7, 11) is 1.77. The quantitative estimate of drug-likeness (QED) is 0.857. The summed E-state index contributed by atoms with van der Waals surface area (Å²) in [5.74, 6) is 0.287. The second-order valence-corrected chi connectivity index (χ2v) is 6.73. The number of hydrogen-bond donors (Lipinski definition) is 0. The summed E-state index contributed by atoms with van der Waals surface area (Å²) in [5.41, 5.74) is -0.917. The fraction of sp³-hybridized carbons (Fsp3) is 0.500. The van der Waals surface area contributed by atoms with Crippen LogP contribution in [0.1, 0.15) is 17.0 Å². The molecule has 9 heteroatoms. The molecule has 23 heavy (non-hydrogen) atoms. The summed E-state index contributed by atoms with van der Waals surface area (Å²) in [6.45, 7) is 3.55. The van der Waals surface area contributed by atoms with Crippen LogP contribution in [0.25, 0.3) is 0 Å². The van der Waals surface area contributed by atoms with Crippen LogP contribution in [0.4, 0.5) is 24.1 Å². The van der Waals surface area contributed by atoms with Gasteiger partial charge in [0.1, 0.15) is 17.8 Å². The van der Waals surface area contributed by atoms with Gasteiger partial charge in [0.2, 0.25) is 0 Å². The highest BCUT2D eigenvalue weighted by molar-refractivity contribution is 7.15. The number of anilines is 2. The van der Waals surface area contributed by atoms with Crippen LogP contribution in [0, 0.1) is 6.92 Å². The molecule has 1 aliphatic heterocycles. The first-order valence-electron chi connectivity index (χ1n) is 7.14. The average Bonchev–Trinajstić information content (AvgIpc) is 3.14. The van der Waals surface area contributed by atoms with E-state index in [0.29, 0.717) is 0 Å². The number of halogens is 3. The molecule has 2 aromatic rings. The fourth-order valence-electron chi connectivity index (χ4n) is 2.60. The van der Waals surface area contributed by atoms with E-state index in [1.165, 1.54) is 0 Å². The molecule has 3 rings (SSSR count). The van der Waals surface area contributed by atoms with Crippen molar-refractivity contribution in [2.75, 3.05) is 29.9 Å². The molecule has 0 bridgehead atoms. The van der Waals surface area contributed by atoms with Crippen molar-refractivity contribution in [2.45, 2.75) is 25.6 Å². The van der Waals surface area contributed by atoms with Crippen LogP contribution in [0.15, 0.2) is 18.6 Å². The van der Waals surface area contributed by atoms with Crippen molar-refractivity contribution in [3.63, 3.8) is 0 Å². The Bertz CT molecular complexity index is 687. The molecule has 0 aliphatic carbocycles. The fourth-order valence-corrected chi connectivity index (χ4v) is 3.40. The van der Waals surface area contributed by atoms with Gasteiger partial charge in [-0.15, -0.1) is 11.3 Å². The molecule has 2 aromatic heterocycles. The van der Waals surface area contributed by atoms with Crippen LogP contribution in [-0.2, 0) is 6.18 Å². The minimum atomic E-state index is -4.46. The zero-order valence-corrected chi connectivity index (χ0v) is 13.5. The molecule has 1 saturated heterocycles. The summed E-state index contributed by atoms with van der Waals surface area (Å²) in [6, 6.07) is 1.09. The maximum Gasteiger partial charge on any atom is 0.433 e. The third kappa shape index (κ3) is 3.39. The van der Waals surface area contributed by atoms with Crippen molar-refractivity contribution in [3.05, 3.63) is 29.2 Å². The number of aromatic nitrogens is 3. The summed E-state index contributed by atoms with van der Waals surface area (Å²) in [6.07, 6.45) is -0.818. The molecule has 0 amide bonds. The highest BCUT2D eigenvalue weighted by Crippen LogP contribution is 2.31.